The van der Waals surface area contributed by atoms with E-state index in [1.54, 1.807) is 0 Å². The second-order valence-corrected chi connectivity index (χ2v) is 4.12. The minimum Gasteiger partial charge on any atom is -0.457 e. The molecule has 0 spiro atoms. The molecular formula is C15H16O. The van der Waals surface area contributed by atoms with Gasteiger partial charge < -0.3 is 4.74 Å². The molecule has 0 atom stereocenters. The third kappa shape index (κ3) is 2.25. The lowest BCUT2D eigenvalue weighted by Gasteiger charge is -2.10. The first-order valence-corrected chi connectivity index (χ1v) is 5.47. The monoisotopic (exact) mass is 212 g/mol. The lowest BCUT2D eigenvalue weighted by molar-refractivity contribution is 0.478. The number of benzene rings is 2. The smallest absolute Gasteiger partial charge is 0.130 e. The molecule has 1 heteroatoms. The van der Waals surface area contributed by atoms with Crippen molar-refractivity contribution in [2.75, 3.05) is 0 Å². The predicted octanol–water partition coefficient (Wildman–Crippen LogP) is 4.40. The molecule has 0 bridgehead atoms. The molecule has 0 aromatic heterocycles. The van der Waals surface area contributed by atoms with Crippen molar-refractivity contribution in [2.45, 2.75) is 20.8 Å². The van der Waals surface area contributed by atoms with Gasteiger partial charge in [-0.1, -0.05) is 24.3 Å². The highest BCUT2D eigenvalue weighted by atomic mass is 16.5. The average molecular weight is 212 g/mol. The van der Waals surface area contributed by atoms with Crippen LogP contribution in [0.1, 0.15) is 16.7 Å². The third-order valence-corrected chi connectivity index (χ3v) is 2.77. The van der Waals surface area contributed by atoms with Crippen LogP contribution in [0.25, 0.3) is 0 Å². The molecule has 16 heavy (non-hydrogen) atoms. The molecule has 0 aliphatic rings. The van der Waals surface area contributed by atoms with E-state index in [0.717, 1.165) is 11.5 Å². The second-order valence-electron chi connectivity index (χ2n) is 4.12. The van der Waals surface area contributed by atoms with Crippen LogP contribution < -0.4 is 4.74 Å². The molecule has 2 aromatic rings. The zero-order valence-corrected chi connectivity index (χ0v) is 9.95. The molecule has 2 aromatic carbocycles. The molecule has 0 radical (unpaired) electrons. The Kier molecular flexibility index (Phi) is 2.95. The van der Waals surface area contributed by atoms with Gasteiger partial charge in [-0.15, -0.1) is 0 Å². The summed E-state index contributed by atoms with van der Waals surface area (Å²) in [6.07, 6.45) is 0. The fraction of sp³-hybridized carbons (Fsp3) is 0.200. The summed E-state index contributed by atoms with van der Waals surface area (Å²) < 4.78 is 5.87. The van der Waals surface area contributed by atoms with Gasteiger partial charge in [0, 0.05) is 0 Å². The highest BCUT2D eigenvalue weighted by Gasteiger charge is 2.02. The lowest BCUT2D eigenvalue weighted by atomic mass is 10.1. The molecule has 0 aliphatic carbocycles. The Labute approximate surface area is 96.7 Å². The minimum atomic E-state index is 0.897. The maximum atomic E-state index is 5.87. The van der Waals surface area contributed by atoms with Gasteiger partial charge in [0.25, 0.3) is 0 Å². The Morgan fingerprint density at radius 1 is 0.875 bits per heavy atom. The van der Waals surface area contributed by atoms with Gasteiger partial charge >= 0.3 is 0 Å². The van der Waals surface area contributed by atoms with Crippen LogP contribution in [0.3, 0.4) is 0 Å². The fourth-order valence-electron chi connectivity index (χ4n) is 1.64. The molecule has 0 N–H and O–H groups in total. The Morgan fingerprint density at radius 3 is 2.38 bits per heavy atom. The summed E-state index contributed by atoms with van der Waals surface area (Å²) in [4.78, 5) is 0. The van der Waals surface area contributed by atoms with E-state index >= 15 is 0 Å². The summed E-state index contributed by atoms with van der Waals surface area (Å²) in [5, 5.41) is 0. The van der Waals surface area contributed by atoms with Gasteiger partial charge in [-0.3, -0.25) is 0 Å². The highest BCUT2D eigenvalue weighted by molar-refractivity contribution is 5.41. The summed E-state index contributed by atoms with van der Waals surface area (Å²) in [6, 6.07) is 14.2. The van der Waals surface area contributed by atoms with Gasteiger partial charge in [0.15, 0.2) is 0 Å². The van der Waals surface area contributed by atoms with Crippen LogP contribution in [-0.2, 0) is 0 Å². The van der Waals surface area contributed by atoms with Crippen molar-refractivity contribution in [3.63, 3.8) is 0 Å². The van der Waals surface area contributed by atoms with Crippen LogP contribution in [0.2, 0.25) is 0 Å². The lowest BCUT2D eigenvalue weighted by Crippen LogP contribution is -1.89. The van der Waals surface area contributed by atoms with Crippen LogP contribution in [0, 0.1) is 20.8 Å². The van der Waals surface area contributed by atoms with Gasteiger partial charge in [0.05, 0.1) is 0 Å². The Bertz CT molecular complexity index is 501. The molecule has 0 saturated heterocycles. The molecule has 0 amide bonds. The molecule has 0 heterocycles. The van der Waals surface area contributed by atoms with Crippen molar-refractivity contribution in [1.82, 2.24) is 0 Å². The number of ether oxygens (including phenoxy) is 1. The first-order chi connectivity index (χ1) is 7.66. The summed E-state index contributed by atoms with van der Waals surface area (Å²) in [5.74, 6) is 1.83. The van der Waals surface area contributed by atoms with Gasteiger partial charge in [-0.2, -0.15) is 0 Å². The summed E-state index contributed by atoms with van der Waals surface area (Å²) >= 11 is 0. The van der Waals surface area contributed by atoms with Crippen molar-refractivity contribution in [1.29, 1.82) is 0 Å². The zero-order chi connectivity index (χ0) is 11.5. The van der Waals surface area contributed by atoms with E-state index in [9.17, 15) is 0 Å². The van der Waals surface area contributed by atoms with E-state index < -0.39 is 0 Å². The van der Waals surface area contributed by atoms with Gasteiger partial charge in [0.1, 0.15) is 11.5 Å². The molecular weight excluding hydrogens is 196 g/mol. The molecule has 82 valence electrons. The quantitative estimate of drug-likeness (QED) is 0.716. The number of hydrogen-bond donors (Lipinski definition) is 0. The van der Waals surface area contributed by atoms with E-state index in [2.05, 4.69) is 32.9 Å². The number of aryl methyl sites for hydroxylation is 2. The van der Waals surface area contributed by atoms with E-state index in [-0.39, 0.29) is 0 Å². The van der Waals surface area contributed by atoms with Crippen LogP contribution in [0.4, 0.5) is 0 Å². The number of rotatable bonds is 2. The predicted molar refractivity (Wildman–Crippen MR) is 67.2 cm³/mol. The van der Waals surface area contributed by atoms with Gasteiger partial charge in [0.2, 0.25) is 0 Å². The number of hydrogen-bond acceptors (Lipinski definition) is 1. The maximum Gasteiger partial charge on any atom is 0.130 e. The van der Waals surface area contributed by atoms with E-state index in [1.165, 1.54) is 16.7 Å². The van der Waals surface area contributed by atoms with Gasteiger partial charge in [-0.05, 0) is 55.7 Å². The van der Waals surface area contributed by atoms with Crippen LogP contribution >= 0.6 is 0 Å². The first-order valence-electron chi connectivity index (χ1n) is 5.47. The molecule has 0 aliphatic heterocycles. The van der Waals surface area contributed by atoms with Crippen molar-refractivity contribution in [3.05, 3.63) is 59.2 Å². The topological polar surface area (TPSA) is 9.23 Å². The van der Waals surface area contributed by atoms with Crippen molar-refractivity contribution < 1.29 is 4.74 Å². The second kappa shape index (κ2) is 4.40. The van der Waals surface area contributed by atoms with Crippen LogP contribution in [-0.4, -0.2) is 0 Å². The van der Waals surface area contributed by atoms with E-state index in [4.69, 9.17) is 4.74 Å². The fourth-order valence-corrected chi connectivity index (χ4v) is 1.64. The van der Waals surface area contributed by atoms with Crippen molar-refractivity contribution in [3.8, 4) is 11.5 Å². The zero-order valence-electron chi connectivity index (χ0n) is 9.95. The van der Waals surface area contributed by atoms with Crippen LogP contribution in [0.5, 0.6) is 11.5 Å². The largest absolute Gasteiger partial charge is 0.457 e. The minimum absolute atomic E-state index is 0.897. The molecule has 0 fully saturated rings. The highest BCUT2D eigenvalue weighted by Crippen LogP contribution is 2.26. The van der Waals surface area contributed by atoms with E-state index in [0.29, 0.717) is 0 Å². The summed E-state index contributed by atoms with van der Waals surface area (Å²) in [7, 11) is 0. The van der Waals surface area contributed by atoms with Crippen molar-refractivity contribution >= 4 is 0 Å². The summed E-state index contributed by atoms with van der Waals surface area (Å²) in [6.45, 7) is 6.24. The average Bonchev–Trinajstić information content (AvgIpc) is 2.25. The van der Waals surface area contributed by atoms with Crippen molar-refractivity contribution in [2.24, 2.45) is 0 Å². The normalized spacial score (nSPS) is 10.2. The molecule has 0 saturated carbocycles. The van der Waals surface area contributed by atoms with Gasteiger partial charge in [-0.25, -0.2) is 0 Å². The van der Waals surface area contributed by atoms with E-state index in [1.807, 2.05) is 30.3 Å². The Hall–Kier alpha value is -1.76. The van der Waals surface area contributed by atoms with Crippen LogP contribution in [0.15, 0.2) is 42.5 Å². The molecule has 1 nitrogen and oxygen atoms in total. The Morgan fingerprint density at radius 2 is 1.62 bits per heavy atom. The first kappa shape index (κ1) is 10.7. The Balaban J connectivity index is 2.31. The third-order valence-electron chi connectivity index (χ3n) is 2.77. The summed E-state index contributed by atoms with van der Waals surface area (Å²) in [5.41, 5.74) is 3.66. The standard InChI is InChI=1S/C15H16O/c1-11-6-4-8-14(10-11)16-15-9-5-7-12(2)13(15)3/h4-10H,1-3H3. The SMILES string of the molecule is Cc1cccc(Oc2cccc(C)c2C)c1. The maximum absolute atomic E-state index is 5.87. The molecule has 2 rings (SSSR count). The molecule has 0 unspecified atom stereocenters.